The van der Waals surface area contributed by atoms with E-state index in [4.69, 9.17) is 0 Å². The number of aromatic nitrogens is 1. The Bertz CT molecular complexity index is 597. The van der Waals surface area contributed by atoms with Crippen LogP contribution in [0.15, 0.2) is 12.1 Å². The van der Waals surface area contributed by atoms with Crippen LogP contribution in [0.1, 0.15) is 34.6 Å². The van der Waals surface area contributed by atoms with Crippen molar-refractivity contribution < 1.29 is 14.4 Å². The van der Waals surface area contributed by atoms with Gasteiger partial charge in [0.05, 0.1) is 17.8 Å². The van der Waals surface area contributed by atoms with Crippen molar-refractivity contribution in [3.8, 4) is 0 Å². The Morgan fingerprint density at radius 3 is 2.84 bits per heavy atom. The number of nitrogens with one attached hydrogen (secondary N) is 1. The third-order valence-electron chi connectivity index (χ3n) is 3.51. The topological polar surface area (TPSA) is 79.4 Å². The maximum Gasteiger partial charge on any atom is 0.256 e. The number of aryl methyl sites for hydroxylation is 1. The summed E-state index contributed by atoms with van der Waals surface area (Å²) in [6, 6.07) is 2.95. The fourth-order valence-electron chi connectivity index (χ4n) is 2.54. The van der Waals surface area contributed by atoms with Gasteiger partial charge in [-0.25, -0.2) is 0 Å². The number of imide groups is 1. The zero-order valence-corrected chi connectivity index (χ0v) is 10.5. The molecule has 6 heteroatoms. The van der Waals surface area contributed by atoms with Crippen LogP contribution in [0.3, 0.4) is 0 Å². The molecule has 1 N–H and O–H groups in total. The summed E-state index contributed by atoms with van der Waals surface area (Å²) in [7, 11) is 0. The zero-order valence-electron chi connectivity index (χ0n) is 10.5. The molecule has 3 heterocycles. The molecule has 3 amide bonds. The van der Waals surface area contributed by atoms with Gasteiger partial charge >= 0.3 is 0 Å². The number of hydrogen-bond acceptors (Lipinski definition) is 4. The van der Waals surface area contributed by atoms with Crippen molar-refractivity contribution in [2.75, 3.05) is 0 Å². The first kappa shape index (κ1) is 11.8. The standard InChI is InChI=1S/C13H13N3O3/c1-7-2-3-8-9(14-7)6-16(13(8)19)10-4-5-11(17)15-12(10)18/h2-3,10H,4-6H2,1H3,(H,15,17,18)/t10-/m0/s1. The molecule has 98 valence electrons. The van der Waals surface area contributed by atoms with Crippen LogP contribution < -0.4 is 5.32 Å². The molecule has 3 rings (SSSR count). The van der Waals surface area contributed by atoms with Crippen LogP contribution in [0.2, 0.25) is 0 Å². The molecule has 0 saturated carbocycles. The van der Waals surface area contributed by atoms with Crippen LogP contribution in [0.25, 0.3) is 0 Å². The molecule has 2 aliphatic heterocycles. The molecule has 0 unspecified atom stereocenters. The van der Waals surface area contributed by atoms with Gasteiger partial charge in [-0.1, -0.05) is 0 Å². The molecule has 0 aromatic carbocycles. The van der Waals surface area contributed by atoms with Crippen molar-refractivity contribution >= 4 is 17.7 Å². The minimum absolute atomic E-state index is 0.183. The molecule has 1 saturated heterocycles. The predicted octanol–water partition coefficient (Wildman–Crippen LogP) is 0.151. The molecular weight excluding hydrogens is 246 g/mol. The average molecular weight is 259 g/mol. The Kier molecular flexibility index (Phi) is 2.58. The summed E-state index contributed by atoms with van der Waals surface area (Å²) >= 11 is 0. The highest BCUT2D eigenvalue weighted by Gasteiger charge is 2.39. The summed E-state index contributed by atoms with van der Waals surface area (Å²) in [4.78, 5) is 41.0. The van der Waals surface area contributed by atoms with Crippen molar-refractivity contribution in [1.29, 1.82) is 0 Å². The molecule has 0 radical (unpaired) electrons. The number of nitrogens with zero attached hydrogens (tertiary/aromatic N) is 2. The first-order chi connectivity index (χ1) is 9.06. The van der Waals surface area contributed by atoms with Crippen molar-refractivity contribution in [2.24, 2.45) is 0 Å². The van der Waals surface area contributed by atoms with Gasteiger partial charge in [0.15, 0.2) is 0 Å². The summed E-state index contributed by atoms with van der Waals surface area (Å²) in [5.74, 6) is -0.856. The molecule has 6 nitrogen and oxygen atoms in total. The highest BCUT2D eigenvalue weighted by Crippen LogP contribution is 2.26. The minimum Gasteiger partial charge on any atom is -0.321 e. The molecule has 1 aromatic rings. The number of piperidine rings is 1. The van der Waals surface area contributed by atoms with Gasteiger partial charge < -0.3 is 4.90 Å². The number of carbonyl (C=O) groups is 3. The fraction of sp³-hybridized carbons (Fsp3) is 0.385. The lowest BCUT2D eigenvalue weighted by Crippen LogP contribution is -2.52. The Morgan fingerprint density at radius 1 is 1.32 bits per heavy atom. The van der Waals surface area contributed by atoms with Gasteiger partial charge in [0.1, 0.15) is 6.04 Å². The Labute approximate surface area is 109 Å². The Hall–Kier alpha value is -2.24. The van der Waals surface area contributed by atoms with Crippen molar-refractivity contribution in [3.63, 3.8) is 0 Å². The highest BCUT2D eigenvalue weighted by atomic mass is 16.2. The minimum atomic E-state index is -0.570. The van der Waals surface area contributed by atoms with E-state index in [1.54, 1.807) is 12.1 Å². The summed E-state index contributed by atoms with van der Waals surface area (Å²) in [6.07, 6.45) is 0.645. The van der Waals surface area contributed by atoms with E-state index in [9.17, 15) is 14.4 Å². The first-order valence-corrected chi connectivity index (χ1v) is 6.17. The van der Waals surface area contributed by atoms with E-state index >= 15 is 0 Å². The second-order valence-corrected chi connectivity index (χ2v) is 4.85. The van der Waals surface area contributed by atoms with Gasteiger partial charge in [0.25, 0.3) is 5.91 Å². The predicted molar refractivity (Wildman–Crippen MR) is 65.0 cm³/mol. The molecule has 2 aliphatic rings. The van der Waals surface area contributed by atoms with Crippen molar-refractivity contribution in [3.05, 3.63) is 29.1 Å². The van der Waals surface area contributed by atoms with E-state index < -0.39 is 11.9 Å². The maximum atomic E-state index is 12.3. The molecule has 0 aliphatic carbocycles. The van der Waals surface area contributed by atoms with E-state index in [1.807, 2.05) is 6.92 Å². The number of pyridine rings is 1. The first-order valence-electron chi connectivity index (χ1n) is 6.17. The average Bonchev–Trinajstić information content (AvgIpc) is 2.66. The molecule has 1 fully saturated rings. The number of fused-ring (bicyclic) bond motifs is 1. The van der Waals surface area contributed by atoms with Gasteiger partial charge in [-0.3, -0.25) is 24.7 Å². The third kappa shape index (κ3) is 1.89. The molecule has 19 heavy (non-hydrogen) atoms. The lowest BCUT2D eigenvalue weighted by atomic mass is 10.0. The van der Waals surface area contributed by atoms with Crippen LogP contribution >= 0.6 is 0 Å². The maximum absolute atomic E-state index is 12.3. The number of carbonyl (C=O) groups excluding carboxylic acids is 3. The van der Waals surface area contributed by atoms with Gasteiger partial charge in [0, 0.05) is 12.1 Å². The van der Waals surface area contributed by atoms with E-state index in [2.05, 4.69) is 10.3 Å². The molecule has 1 atom stereocenters. The lowest BCUT2D eigenvalue weighted by molar-refractivity contribution is -0.136. The van der Waals surface area contributed by atoms with Crippen LogP contribution in [0, 0.1) is 6.92 Å². The van der Waals surface area contributed by atoms with Crippen LogP contribution in [0.5, 0.6) is 0 Å². The Morgan fingerprint density at radius 2 is 2.11 bits per heavy atom. The number of rotatable bonds is 1. The lowest BCUT2D eigenvalue weighted by Gasteiger charge is -2.29. The van der Waals surface area contributed by atoms with Gasteiger partial charge in [-0.05, 0) is 25.5 Å². The quantitative estimate of drug-likeness (QED) is 0.728. The number of amides is 3. The fourth-order valence-corrected chi connectivity index (χ4v) is 2.54. The van der Waals surface area contributed by atoms with Gasteiger partial charge in [0.2, 0.25) is 11.8 Å². The van der Waals surface area contributed by atoms with Gasteiger partial charge in [-0.2, -0.15) is 0 Å². The summed E-state index contributed by atoms with van der Waals surface area (Å²) in [5.41, 5.74) is 2.10. The SMILES string of the molecule is Cc1ccc2c(n1)CN([C@H]1CCC(=O)NC1=O)C2=O. The largest absolute Gasteiger partial charge is 0.321 e. The van der Waals surface area contributed by atoms with Crippen molar-refractivity contribution in [2.45, 2.75) is 32.4 Å². The molecule has 0 spiro atoms. The third-order valence-corrected chi connectivity index (χ3v) is 3.51. The summed E-state index contributed by atoms with van der Waals surface area (Å²) in [5, 5.41) is 2.27. The second-order valence-electron chi connectivity index (χ2n) is 4.85. The normalized spacial score (nSPS) is 22.5. The Balaban J connectivity index is 1.87. The molecule has 1 aromatic heterocycles. The van der Waals surface area contributed by atoms with Crippen LogP contribution in [0.4, 0.5) is 0 Å². The molecular formula is C13H13N3O3. The highest BCUT2D eigenvalue weighted by molar-refractivity contribution is 6.05. The van der Waals surface area contributed by atoms with E-state index in [0.29, 0.717) is 24.2 Å². The van der Waals surface area contributed by atoms with E-state index in [0.717, 1.165) is 5.69 Å². The van der Waals surface area contributed by atoms with Gasteiger partial charge in [-0.15, -0.1) is 0 Å². The summed E-state index contributed by atoms with van der Waals surface area (Å²) < 4.78 is 0. The van der Waals surface area contributed by atoms with E-state index in [1.165, 1.54) is 4.90 Å². The number of hydrogen-bond donors (Lipinski definition) is 1. The molecule has 0 bridgehead atoms. The summed E-state index contributed by atoms with van der Waals surface area (Å²) in [6.45, 7) is 2.20. The zero-order chi connectivity index (χ0) is 13.6. The smallest absolute Gasteiger partial charge is 0.256 e. The van der Waals surface area contributed by atoms with Crippen LogP contribution in [-0.4, -0.2) is 33.6 Å². The van der Waals surface area contributed by atoms with Crippen molar-refractivity contribution in [1.82, 2.24) is 15.2 Å². The second kappa shape index (κ2) is 4.15. The monoisotopic (exact) mass is 259 g/mol. The van der Waals surface area contributed by atoms with E-state index in [-0.39, 0.29) is 18.2 Å². The van der Waals surface area contributed by atoms with Crippen LogP contribution in [-0.2, 0) is 16.1 Å².